The molecule has 74 valence electrons. The summed E-state index contributed by atoms with van der Waals surface area (Å²) in [5.74, 6) is 0. The quantitative estimate of drug-likeness (QED) is 0.348. The minimum absolute atomic E-state index is 0. The smallest absolute Gasteiger partial charge is 1.00 e. The van der Waals surface area contributed by atoms with Gasteiger partial charge in [-0.15, -0.1) is 0 Å². The van der Waals surface area contributed by atoms with Crippen molar-refractivity contribution in [3.8, 4) is 0 Å². The van der Waals surface area contributed by atoms with Gasteiger partial charge >= 0.3 is 85.3 Å². The van der Waals surface area contributed by atoms with Crippen molar-refractivity contribution in [2.24, 2.45) is 0 Å². The van der Waals surface area contributed by atoms with Crippen LogP contribution in [-0.2, 0) is 20.4 Å². The van der Waals surface area contributed by atoms with E-state index in [4.69, 9.17) is 23.2 Å². The molecule has 0 amide bonds. The molecule has 0 radical (unpaired) electrons. The second kappa shape index (κ2) is 10.4. The Labute approximate surface area is 121 Å². The van der Waals surface area contributed by atoms with Crippen LogP contribution in [0.2, 0.25) is 0 Å². The molecule has 1 aliphatic rings. The van der Waals surface area contributed by atoms with Gasteiger partial charge in [0.1, 0.15) is 0 Å². The van der Waals surface area contributed by atoms with Gasteiger partial charge in [0.05, 0.1) is 0 Å². The van der Waals surface area contributed by atoms with Gasteiger partial charge < -0.3 is 37.2 Å². The molecule has 0 aliphatic heterocycles. The third-order valence-corrected chi connectivity index (χ3v) is 5.11. The molecule has 0 N–H and O–H groups in total. The molecular weight excluding hydrogens is 325 g/mol. The molecule has 0 aromatic carbocycles. The van der Waals surface area contributed by atoms with Crippen molar-refractivity contribution >= 4 is 32.7 Å². The minimum Gasteiger partial charge on any atom is -1.00 e. The Kier molecular flexibility index (Phi) is 16.2. The van der Waals surface area contributed by atoms with Crippen LogP contribution in [0.15, 0.2) is 21.2 Å². The number of allylic oxidation sites excluding steroid dienone is 4. The fraction of sp³-hybridized carbons (Fsp3) is 0.333. The summed E-state index contributed by atoms with van der Waals surface area (Å²) >= 11 is 13.5. The van der Waals surface area contributed by atoms with Gasteiger partial charge in [-0.2, -0.15) is 0 Å². The number of alkyl halides is 2. The molecule has 7 heteroatoms. The van der Waals surface area contributed by atoms with E-state index in [9.17, 15) is 0 Å². The monoisotopic (exact) mass is 330 g/mol. The Hall–Kier alpha value is 1.86. The molecular formula is C6H7Cl5SiTi. The van der Waals surface area contributed by atoms with Gasteiger partial charge in [-0.3, -0.25) is 0 Å². The third kappa shape index (κ3) is 7.75. The van der Waals surface area contributed by atoms with Crippen LogP contribution in [0, 0.1) is 0 Å². The summed E-state index contributed by atoms with van der Waals surface area (Å²) in [6.45, 7) is 0. The van der Waals surface area contributed by atoms with Gasteiger partial charge in [0.25, 0.3) is 0 Å². The van der Waals surface area contributed by atoms with Gasteiger partial charge in [-0.05, 0) is 0 Å². The normalized spacial score (nSPS) is 14.5. The van der Waals surface area contributed by atoms with Gasteiger partial charge in [-0.25, -0.2) is 0 Å². The van der Waals surface area contributed by atoms with E-state index in [-0.39, 0.29) is 41.7 Å². The number of hydrogen-bond donors (Lipinski definition) is 0. The molecule has 13 heavy (non-hydrogen) atoms. The second-order valence-corrected chi connectivity index (χ2v) is 7.45. The molecule has 0 spiro atoms. The van der Waals surface area contributed by atoms with Crippen molar-refractivity contribution in [3.05, 3.63) is 21.2 Å². The van der Waals surface area contributed by atoms with Crippen LogP contribution < -0.4 is 37.2 Å². The molecule has 0 saturated heterocycles. The van der Waals surface area contributed by atoms with E-state index in [0.29, 0.717) is 0 Å². The van der Waals surface area contributed by atoms with Crippen molar-refractivity contribution in [2.45, 2.75) is 10.9 Å². The maximum absolute atomic E-state index is 5.68. The molecule has 1 rings (SSSR count). The zero-order chi connectivity index (χ0) is 7.56. The number of hydrogen-bond acceptors (Lipinski definition) is 0. The molecule has 0 bridgehead atoms. The maximum Gasteiger partial charge on any atom is -1.00 e. The summed E-state index contributed by atoms with van der Waals surface area (Å²) < 4.78 is 1.34. The molecule has 0 aromatic rings. The van der Waals surface area contributed by atoms with E-state index in [1.165, 1.54) is 9.07 Å². The predicted octanol–water partition coefficient (Wildman–Crippen LogP) is -7.35. The fourth-order valence-electron chi connectivity index (χ4n) is 0.908. The standard InChI is InChI=1S/C6H7Cl2Si.3ClH.Ti/c7-6(8)9-5-3-1-2-4-5;;;;/h1,3,6H,2,9H2;3*1H;/q;;;;+3/p-3. The van der Waals surface area contributed by atoms with E-state index >= 15 is 0 Å². The van der Waals surface area contributed by atoms with E-state index in [2.05, 4.69) is 32.6 Å². The Morgan fingerprint density at radius 1 is 1.31 bits per heavy atom. The summed E-state index contributed by atoms with van der Waals surface area (Å²) in [5, 5.41) is 1.44. The molecule has 0 heterocycles. The Morgan fingerprint density at radius 2 is 1.85 bits per heavy atom. The Bertz CT molecular complexity index is 191. The van der Waals surface area contributed by atoms with Crippen LogP contribution in [0.5, 0.6) is 0 Å². The first-order valence-corrected chi connectivity index (χ1v) is 6.26. The van der Waals surface area contributed by atoms with Crippen molar-refractivity contribution in [3.63, 3.8) is 0 Å². The average molecular weight is 332 g/mol. The molecule has 1 aliphatic carbocycles. The van der Waals surface area contributed by atoms with Crippen molar-refractivity contribution < 1.29 is 57.7 Å². The molecule has 0 saturated carbocycles. The van der Waals surface area contributed by atoms with Crippen molar-refractivity contribution in [2.75, 3.05) is 0 Å². The van der Waals surface area contributed by atoms with Gasteiger partial charge in [-0.1, -0.05) is 0 Å². The molecule has 0 unspecified atom stereocenters. The van der Waals surface area contributed by atoms with Crippen LogP contribution in [0.25, 0.3) is 0 Å². The zero-order valence-corrected chi connectivity index (χ0v) is 13.3. The van der Waals surface area contributed by atoms with Crippen molar-refractivity contribution in [1.82, 2.24) is 0 Å². The van der Waals surface area contributed by atoms with Crippen LogP contribution >= 0.6 is 23.2 Å². The fourth-order valence-corrected chi connectivity index (χ4v) is 3.72. The Balaban J connectivity index is -0.000000333. The van der Waals surface area contributed by atoms with E-state index in [1.54, 1.807) is 0 Å². The summed E-state index contributed by atoms with van der Waals surface area (Å²) in [7, 11) is -0.401. The molecule has 0 atom stereocenters. The average Bonchev–Trinajstić information content (AvgIpc) is 2.15. The first kappa shape index (κ1) is 20.3. The van der Waals surface area contributed by atoms with Crippen LogP contribution in [0.3, 0.4) is 0 Å². The maximum atomic E-state index is 5.68. The molecule has 0 fully saturated rings. The summed E-state index contributed by atoms with van der Waals surface area (Å²) in [6.07, 6.45) is 5.44. The first-order chi connectivity index (χ1) is 4.70. The van der Waals surface area contributed by atoms with E-state index < -0.39 is 9.52 Å². The van der Waals surface area contributed by atoms with Gasteiger partial charge in [0, 0.05) is 0 Å². The molecule has 0 aromatic heterocycles. The Morgan fingerprint density at radius 3 is 2.15 bits per heavy atom. The van der Waals surface area contributed by atoms with Crippen LogP contribution in [0.1, 0.15) is 6.42 Å². The summed E-state index contributed by atoms with van der Waals surface area (Å²) in [5.41, 5.74) is 0. The van der Waals surface area contributed by atoms with Crippen molar-refractivity contribution in [1.29, 1.82) is 0 Å². The van der Waals surface area contributed by atoms with Crippen LogP contribution in [-0.4, -0.2) is 14.0 Å². The molecule has 0 nitrogen and oxygen atoms in total. The summed E-state index contributed by atoms with van der Waals surface area (Å²) in [6, 6.07) is 0. The largest absolute Gasteiger partial charge is 1.00 e. The number of halogens is 5. The van der Waals surface area contributed by atoms with Gasteiger partial charge in [0.2, 0.25) is 0 Å². The van der Waals surface area contributed by atoms with Gasteiger partial charge in [0.15, 0.2) is 0 Å². The minimum atomic E-state index is -0.401. The van der Waals surface area contributed by atoms with Crippen LogP contribution in [0.4, 0.5) is 0 Å². The predicted molar refractivity (Wildman–Crippen MR) is 44.8 cm³/mol. The van der Waals surface area contributed by atoms with E-state index in [0.717, 1.165) is 6.42 Å². The second-order valence-electron chi connectivity index (χ2n) is 2.21. The first-order valence-electron chi connectivity index (χ1n) is 3.08. The zero-order valence-electron chi connectivity index (χ0n) is 6.54. The van der Waals surface area contributed by atoms with E-state index in [1.807, 2.05) is 0 Å². The number of rotatable bonds is 2. The topological polar surface area (TPSA) is 0 Å². The summed E-state index contributed by atoms with van der Waals surface area (Å²) in [4.78, 5) is 0. The SMILES string of the molecule is ClC(Cl)[SiH2]C1=[C]([Ti+3])CC=C1.[Cl-].[Cl-].[Cl-]. The third-order valence-electron chi connectivity index (χ3n) is 1.40.